The van der Waals surface area contributed by atoms with Gasteiger partial charge in [0.25, 0.3) is 0 Å². The van der Waals surface area contributed by atoms with Crippen molar-refractivity contribution in [2.75, 3.05) is 0 Å². The van der Waals surface area contributed by atoms with Crippen LogP contribution in [0.25, 0.3) is 0 Å². The highest BCUT2D eigenvalue weighted by molar-refractivity contribution is 7.98. The Morgan fingerprint density at radius 1 is 1.04 bits per heavy atom. The quantitative estimate of drug-likeness (QED) is 0.363. The fourth-order valence-electron chi connectivity index (χ4n) is 2.56. The number of hydrogen-bond acceptors (Lipinski definition) is 4. The standard InChI is InChI=1S/C22H23FN2OS/c1-14(2)19-12-21(26-20-10-5-7-15(3)16(20)4)25-22(24-19)27-13-17-8-6-9-18(23)11-17/h5-12,14H,13H2,1-4H3. The largest absolute Gasteiger partial charge is 0.439 e. The molecule has 0 unspecified atom stereocenters. The maximum atomic E-state index is 13.4. The van der Waals surface area contributed by atoms with Crippen molar-refractivity contribution in [1.82, 2.24) is 9.97 Å². The lowest BCUT2D eigenvalue weighted by atomic mass is 10.1. The Bertz CT molecular complexity index is 943. The number of benzene rings is 2. The average Bonchev–Trinajstić information content (AvgIpc) is 2.64. The second-order valence-electron chi connectivity index (χ2n) is 6.79. The fraction of sp³-hybridized carbons (Fsp3) is 0.273. The van der Waals surface area contributed by atoms with E-state index < -0.39 is 0 Å². The fourth-order valence-corrected chi connectivity index (χ4v) is 3.36. The number of nitrogens with zero attached hydrogens (tertiary/aromatic N) is 2. The summed E-state index contributed by atoms with van der Waals surface area (Å²) in [6.45, 7) is 8.27. The maximum absolute atomic E-state index is 13.4. The van der Waals surface area contributed by atoms with Gasteiger partial charge in [0, 0.05) is 11.8 Å². The van der Waals surface area contributed by atoms with Crippen LogP contribution in [0, 0.1) is 19.7 Å². The average molecular weight is 383 g/mol. The molecule has 0 saturated heterocycles. The molecule has 0 amide bonds. The van der Waals surface area contributed by atoms with E-state index in [9.17, 15) is 4.39 Å². The van der Waals surface area contributed by atoms with Gasteiger partial charge in [-0.25, -0.2) is 9.37 Å². The Kier molecular flexibility index (Phi) is 6.11. The molecule has 1 heterocycles. The first kappa shape index (κ1) is 19.4. The number of halogens is 1. The normalized spacial score (nSPS) is 11.0. The van der Waals surface area contributed by atoms with E-state index in [1.165, 1.54) is 29.5 Å². The van der Waals surface area contributed by atoms with Crippen LogP contribution in [0.3, 0.4) is 0 Å². The van der Waals surface area contributed by atoms with Crippen molar-refractivity contribution >= 4 is 11.8 Å². The molecule has 1 aromatic heterocycles. The first-order valence-corrected chi connectivity index (χ1v) is 9.91. The number of thioether (sulfide) groups is 1. The van der Waals surface area contributed by atoms with Gasteiger partial charge in [0.2, 0.25) is 5.88 Å². The zero-order valence-electron chi connectivity index (χ0n) is 16.0. The topological polar surface area (TPSA) is 35.0 Å². The van der Waals surface area contributed by atoms with Gasteiger partial charge in [-0.05, 0) is 54.7 Å². The summed E-state index contributed by atoms with van der Waals surface area (Å²) < 4.78 is 19.4. The highest BCUT2D eigenvalue weighted by Gasteiger charge is 2.12. The van der Waals surface area contributed by atoms with E-state index in [1.54, 1.807) is 6.07 Å². The molecule has 0 bridgehead atoms. The monoisotopic (exact) mass is 382 g/mol. The highest BCUT2D eigenvalue weighted by atomic mass is 32.2. The number of hydrogen-bond donors (Lipinski definition) is 0. The van der Waals surface area contributed by atoms with Gasteiger partial charge < -0.3 is 4.74 Å². The van der Waals surface area contributed by atoms with Crippen molar-refractivity contribution in [3.05, 3.63) is 76.7 Å². The van der Waals surface area contributed by atoms with Crippen LogP contribution in [-0.4, -0.2) is 9.97 Å². The molecule has 27 heavy (non-hydrogen) atoms. The molecule has 140 valence electrons. The Labute approximate surface area is 164 Å². The number of aromatic nitrogens is 2. The smallest absolute Gasteiger partial charge is 0.223 e. The summed E-state index contributed by atoms with van der Waals surface area (Å²) in [4.78, 5) is 9.19. The van der Waals surface area contributed by atoms with Crippen LogP contribution >= 0.6 is 11.8 Å². The molecule has 3 nitrogen and oxygen atoms in total. The van der Waals surface area contributed by atoms with E-state index in [1.807, 2.05) is 31.2 Å². The molecule has 0 fully saturated rings. The van der Waals surface area contributed by atoms with Crippen LogP contribution in [0.15, 0.2) is 53.7 Å². The van der Waals surface area contributed by atoms with Crippen molar-refractivity contribution < 1.29 is 9.13 Å². The summed E-state index contributed by atoms with van der Waals surface area (Å²) in [6.07, 6.45) is 0. The number of ether oxygens (including phenoxy) is 1. The number of rotatable bonds is 6. The molecular formula is C22H23FN2OS. The second-order valence-corrected chi connectivity index (χ2v) is 7.73. The van der Waals surface area contributed by atoms with Crippen LogP contribution in [0.1, 0.15) is 42.1 Å². The van der Waals surface area contributed by atoms with Crippen LogP contribution in [0.2, 0.25) is 0 Å². The predicted octanol–water partition coefficient (Wildman–Crippen LogP) is 6.44. The molecule has 5 heteroatoms. The van der Waals surface area contributed by atoms with Crippen molar-refractivity contribution in [3.63, 3.8) is 0 Å². The van der Waals surface area contributed by atoms with Gasteiger partial charge in [-0.2, -0.15) is 4.98 Å². The van der Waals surface area contributed by atoms with Gasteiger partial charge >= 0.3 is 0 Å². The molecule has 0 atom stereocenters. The van der Waals surface area contributed by atoms with Gasteiger partial charge in [0.05, 0.1) is 5.69 Å². The molecule has 0 spiro atoms. The second kappa shape index (κ2) is 8.53. The van der Waals surface area contributed by atoms with Gasteiger partial charge in [-0.15, -0.1) is 0 Å². The van der Waals surface area contributed by atoms with E-state index in [4.69, 9.17) is 4.74 Å². The zero-order chi connectivity index (χ0) is 19.4. The lowest BCUT2D eigenvalue weighted by molar-refractivity contribution is 0.449. The van der Waals surface area contributed by atoms with Gasteiger partial charge in [0.1, 0.15) is 11.6 Å². The molecule has 0 N–H and O–H groups in total. The number of aryl methyl sites for hydroxylation is 1. The predicted molar refractivity (Wildman–Crippen MR) is 108 cm³/mol. The Morgan fingerprint density at radius 2 is 1.81 bits per heavy atom. The van der Waals surface area contributed by atoms with Crippen LogP contribution in [0.5, 0.6) is 11.6 Å². The molecule has 3 aromatic rings. The van der Waals surface area contributed by atoms with E-state index in [0.717, 1.165) is 22.6 Å². The first-order chi connectivity index (χ1) is 12.9. The first-order valence-electron chi connectivity index (χ1n) is 8.92. The van der Waals surface area contributed by atoms with Crippen molar-refractivity contribution in [1.29, 1.82) is 0 Å². The summed E-state index contributed by atoms with van der Waals surface area (Å²) in [5, 5.41) is 0.630. The summed E-state index contributed by atoms with van der Waals surface area (Å²) in [5.41, 5.74) is 4.09. The summed E-state index contributed by atoms with van der Waals surface area (Å²) >= 11 is 1.48. The summed E-state index contributed by atoms with van der Waals surface area (Å²) in [6, 6.07) is 14.5. The van der Waals surface area contributed by atoms with E-state index in [2.05, 4.69) is 36.8 Å². The van der Waals surface area contributed by atoms with Gasteiger partial charge in [0.15, 0.2) is 5.16 Å². The lowest BCUT2D eigenvalue weighted by Gasteiger charge is -2.13. The highest BCUT2D eigenvalue weighted by Crippen LogP contribution is 2.30. The molecule has 0 saturated carbocycles. The lowest BCUT2D eigenvalue weighted by Crippen LogP contribution is -2.00. The van der Waals surface area contributed by atoms with E-state index in [0.29, 0.717) is 16.8 Å². The molecule has 2 aromatic carbocycles. The van der Waals surface area contributed by atoms with Crippen molar-refractivity contribution in [2.24, 2.45) is 0 Å². The maximum Gasteiger partial charge on any atom is 0.223 e. The Morgan fingerprint density at radius 3 is 2.56 bits per heavy atom. The van der Waals surface area contributed by atoms with Gasteiger partial charge in [-0.3, -0.25) is 0 Å². The SMILES string of the molecule is Cc1cccc(Oc2cc(C(C)C)nc(SCc3cccc(F)c3)n2)c1C. The Balaban J connectivity index is 1.85. The van der Waals surface area contributed by atoms with Gasteiger partial charge in [-0.1, -0.05) is 49.9 Å². The molecule has 0 aliphatic heterocycles. The minimum atomic E-state index is -0.233. The van der Waals surface area contributed by atoms with Crippen LogP contribution in [-0.2, 0) is 5.75 Å². The third kappa shape index (κ3) is 5.07. The molecule has 0 aliphatic carbocycles. The minimum absolute atomic E-state index is 0.233. The van der Waals surface area contributed by atoms with E-state index >= 15 is 0 Å². The third-order valence-corrected chi connectivity index (χ3v) is 5.24. The molecule has 0 aliphatic rings. The van der Waals surface area contributed by atoms with Crippen molar-refractivity contribution in [3.8, 4) is 11.6 Å². The molecular weight excluding hydrogens is 359 g/mol. The van der Waals surface area contributed by atoms with Crippen LogP contribution < -0.4 is 4.74 Å². The molecule has 0 radical (unpaired) electrons. The minimum Gasteiger partial charge on any atom is -0.439 e. The summed E-state index contributed by atoms with van der Waals surface area (Å²) in [5.74, 6) is 1.95. The van der Waals surface area contributed by atoms with E-state index in [-0.39, 0.29) is 11.7 Å². The third-order valence-electron chi connectivity index (χ3n) is 4.32. The Hall–Kier alpha value is -2.40. The van der Waals surface area contributed by atoms with Crippen LogP contribution in [0.4, 0.5) is 4.39 Å². The summed E-state index contributed by atoms with van der Waals surface area (Å²) in [7, 11) is 0. The zero-order valence-corrected chi connectivity index (χ0v) is 16.8. The molecule has 3 rings (SSSR count). The van der Waals surface area contributed by atoms with Crippen molar-refractivity contribution in [2.45, 2.75) is 44.5 Å².